The maximum atomic E-state index is 13.7. The van der Waals surface area contributed by atoms with Gasteiger partial charge in [-0.2, -0.15) is 0 Å². The van der Waals surface area contributed by atoms with Crippen molar-refractivity contribution in [2.45, 2.75) is 19.2 Å². The van der Waals surface area contributed by atoms with E-state index in [1.54, 1.807) is 12.1 Å². The van der Waals surface area contributed by atoms with Crippen LogP contribution >= 0.6 is 11.6 Å². The molecule has 94 valence electrons. The van der Waals surface area contributed by atoms with Crippen LogP contribution in [0.4, 0.5) is 4.39 Å². The van der Waals surface area contributed by atoms with Crippen molar-refractivity contribution in [1.29, 1.82) is 0 Å². The molecule has 0 amide bonds. The molecule has 0 radical (unpaired) electrons. The van der Waals surface area contributed by atoms with Gasteiger partial charge in [-0.25, -0.2) is 4.39 Å². The first-order valence-corrected chi connectivity index (χ1v) is 6.38. The molecule has 0 aliphatic carbocycles. The van der Waals surface area contributed by atoms with Gasteiger partial charge in [0.15, 0.2) is 11.6 Å². The van der Waals surface area contributed by atoms with Crippen molar-refractivity contribution in [2.75, 3.05) is 0 Å². The Kier molecular flexibility index (Phi) is 4.21. The molecule has 0 saturated carbocycles. The van der Waals surface area contributed by atoms with Crippen LogP contribution in [0.3, 0.4) is 0 Å². The molecule has 0 saturated heterocycles. The predicted octanol–water partition coefficient (Wildman–Crippen LogP) is 4.92. The molecular weight excluding hydrogens is 251 g/mol. The summed E-state index contributed by atoms with van der Waals surface area (Å²) in [6.45, 7) is 2.06. The van der Waals surface area contributed by atoms with E-state index in [9.17, 15) is 4.39 Å². The molecule has 0 heterocycles. The number of hydrogen-bond donors (Lipinski definition) is 0. The van der Waals surface area contributed by atoms with E-state index in [1.807, 2.05) is 24.3 Å². The van der Waals surface area contributed by atoms with E-state index >= 15 is 0 Å². The molecule has 0 fully saturated rings. The second kappa shape index (κ2) is 5.87. The highest BCUT2D eigenvalue weighted by Gasteiger charge is 2.10. The third-order valence-electron chi connectivity index (χ3n) is 2.72. The molecule has 2 rings (SSSR count). The zero-order valence-corrected chi connectivity index (χ0v) is 10.9. The summed E-state index contributed by atoms with van der Waals surface area (Å²) in [5, 5.41) is 0. The van der Waals surface area contributed by atoms with Gasteiger partial charge < -0.3 is 4.74 Å². The number of aryl methyl sites for hydroxylation is 1. The maximum absolute atomic E-state index is 13.7. The third kappa shape index (κ3) is 2.82. The monoisotopic (exact) mass is 264 g/mol. The van der Waals surface area contributed by atoms with E-state index in [2.05, 4.69) is 6.92 Å². The van der Waals surface area contributed by atoms with E-state index in [0.717, 1.165) is 12.0 Å². The fraction of sp³-hybridized carbons (Fsp3) is 0.200. The molecule has 0 unspecified atom stereocenters. The molecule has 0 aliphatic rings. The molecule has 0 spiro atoms. The molecule has 3 heteroatoms. The molecule has 0 atom stereocenters. The Bertz CT molecular complexity index is 540. The van der Waals surface area contributed by atoms with Crippen molar-refractivity contribution >= 4 is 11.6 Å². The lowest BCUT2D eigenvalue weighted by Crippen LogP contribution is -1.94. The van der Waals surface area contributed by atoms with E-state index < -0.39 is 5.82 Å². The minimum absolute atomic E-state index is 0.209. The molecule has 0 N–H and O–H groups in total. The minimum atomic E-state index is -0.393. The zero-order chi connectivity index (χ0) is 13.0. The molecule has 18 heavy (non-hydrogen) atoms. The summed E-state index contributed by atoms with van der Waals surface area (Å²) in [5.41, 5.74) is 1.80. The standard InChI is InChI=1S/C15H14ClFO/c1-2-11-5-3-7-13(9-11)18-15-12(10-16)6-4-8-14(15)17/h3-9H,2,10H2,1H3. The van der Waals surface area contributed by atoms with Crippen LogP contribution in [-0.2, 0) is 12.3 Å². The first-order valence-electron chi connectivity index (χ1n) is 5.84. The third-order valence-corrected chi connectivity index (χ3v) is 3.01. The van der Waals surface area contributed by atoms with Gasteiger partial charge >= 0.3 is 0 Å². The average Bonchev–Trinajstić information content (AvgIpc) is 2.41. The van der Waals surface area contributed by atoms with Crippen LogP contribution < -0.4 is 4.74 Å². The lowest BCUT2D eigenvalue weighted by molar-refractivity contribution is 0.437. The maximum Gasteiger partial charge on any atom is 0.167 e. The quantitative estimate of drug-likeness (QED) is 0.712. The highest BCUT2D eigenvalue weighted by Crippen LogP contribution is 2.29. The van der Waals surface area contributed by atoms with Crippen LogP contribution in [0.5, 0.6) is 11.5 Å². The number of alkyl halides is 1. The normalized spacial score (nSPS) is 10.4. The molecule has 0 aromatic heterocycles. The van der Waals surface area contributed by atoms with Crippen molar-refractivity contribution in [3.8, 4) is 11.5 Å². The van der Waals surface area contributed by atoms with Gasteiger partial charge in [0.25, 0.3) is 0 Å². The first kappa shape index (κ1) is 12.9. The van der Waals surface area contributed by atoms with Crippen molar-refractivity contribution < 1.29 is 9.13 Å². The van der Waals surface area contributed by atoms with Crippen molar-refractivity contribution in [2.24, 2.45) is 0 Å². The summed E-state index contributed by atoms with van der Waals surface area (Å²) in [5.74, 6) is 0.669. The number of ether oxygens (including phenoxy) is 1. The van der Waals surface area contributed by atoms with Crippen LogP contribution in [0.15, 0.2) is 42.5 Å². The Balaban J connectivity index is 2.33. The Labute approximate surface area is 111 Å². The Morgan fingerprint density at radius 2 is 1.94 bits per heavy atom. The van der Waals surface area contributed by atoms with Gasteiger partial charge in [-0.05, 0) is 30.2 Å². The van der Waals surface area contributed by atoms with Crippen molar-refractivity contribution in [3.05, 3.63) is 59.4 Å². The second-order valence-corrected chi connectivity index (χ2v) is 4.23. The summed E-state index contributed by atoms with van der Waals surface area (Å²) in [7, 11) is 0. The van der Waals surface area contributed by atoms with Gasteiger partial charge in [0.1, 0.15) is 5.75 Å². The lowest BCUT2D eigenvalue weighted by Gasteiger charge is -2.11. The summed E-state index contributed by atoms with van der Waals surface area (Å²) < 4.78 is 19.3. The van der Waals surface area contributed by atoms with Gasteiger partial charge in [0, 0.05) is 5.56 Å². The van der Waals surface area contributed by atoms with Crippen LogP contribution in [0.2, 0.25) is 0 Å². The van der Waals surface area contributed by atoms with E-state index in [4.69, 9.17) is 16.3 Å². The lowest BCUT2D eigenvalue weighted by atomic mass is 10.1. The Hall–Kier alpha value is -1.54. The molecule has 1 nitrogen and oxygen atoms in total. The fourth-order valence-corrected chi connectivity index (χ4v) is 1.93. The van der Waals surface area contributed by atoms with Gasteiger partial charge in [-0.15, -0.1) is 11.6 Å². The number of para-hydroxylation sites is 1. The van der Waals surface area contributed by atoms with E-state index in [0.29, 0.717) is 11.3 Å². The molecule has 2 aromatic carbocycles. The number of benzene rings is 2. The summed E-state index contributed by atoms with van der Waals surface area (Å²) in [6, 6.07) is 12.4. The van der Waals surface area contributed by atoms with Crippen molar-refractivity contribution in [3.63, 3.8) is 0 Å². The van der Waals surface area contributed by atoms with E-state index in [1.165, 1.54) is 6.07 Å². The minimum Gasteiger partial charge on any atom is -0.454 e. The first-order chi connectivity index (χ1) is 8.74. The summed E-state index contributed by atoms with van der Waals surface area (Å²) >= 11 is 5.78. The SMILES string of the molecule is CCc1cccc(Oc2c(F)cccc2CCl)c1. The number of halogens is 2. The predicted molar refractivity (Wildman–Crippen MR) is 71.9 cm³/mol. The van der Waals surface area contributed by atoms with Crippen LogP contribution in [0.1, 0.15) is 18.1 Å². The molecular formula is C15H14ClFO. The molecule has 0 aliphatic heterocycles. The Morgan fingerprint density at radius 3 is 2.67 bits per heavy atom. The highest BCUT2D eigenvalue weighted by molar-refractivity contribution is 6.17. The average molecular weight is 265 g/mol. The fourth-order valence-electron chi connectivity index (χ4n) is 1.72. The highest BCUT2D eigenvalue weighted by atomic mass is 35.5. The van der Waals surface area contributed by atoms with Crippen LogP contribution in [0.25, 0.3) is 0 Å². The van der Waals surface area contributed by atoms with Gasteiger partial charge in [-0.1, -0.05) is 31.2 Å². The van der Waals surface area contributed by atoms with Gasteiger partial charge in [-0.3, -0.25) is 0 Å². The largest absolute Gasteiger partial charge is 0.454 e. The van der Waals surface area contributed by atoms with E-state index in [-0.39, 0.29) is 11.6 Å². The zero-order valence-electron chi connectivity index (χ0n) is 10.1. The van der Waals surface area contributed by atoms with Gasteiger partial charge in [0.05, 0.1) is 5.88 Å². The second-order valence-electron chi connectivity index (χ2n) is 3.96. The number of rotatable bonds is 4. The Morgan fingerprint density at radius 1 is 1.17 bits per heavy atom. The summed E-state index contributed by atoms with van der Waals surface area (Å²) in [6.07, 6.45) is 0.914. The topological polar surface area (TPSA) is 9.23 Å². The van der Waals surface area contributed by atoms with Crippen molar-refractivity contribution in [1.82, 2.24) is 0 Å². The van der Waals surface area contributed by atoms with Crippen LogP contribution in [0, 0.1) is 5.82 Å². The van der Waals surface area contributed by atoms with Crippen LogP contribution in [-0.4, -0.2) is 0 Å². The molecule has 2 aromatic rings. The summed E-state index contributed by atoms with van der Waals surface area (Å²) in [4.78, 5) is 0. The smallest absolute Gasteiger partial charge is 0.167 e. The van der Waals surface area contributed by atoms with Gasteiger partial charge in [0.2, 0.25) is 0 Å². The number of hydrogen-bond acceptors (Lipinski definition) is 1. The molecule has 0 bridgehead atoms.